The molecule has 0 saturated heterocycles. The molecule has 1 aromatic carbocycles. The molecule has 2 nitrogen and oxygen atoms in total. The maximum absolute atomic E-state index is 6.05. The molecule has 5 heteroatoms. The molecular formula is C10H7Cl3N2. The molecule has 2 N–H and O–H groups in total. The molecule has 0 aliphatic carbocycles. The third-order valence-corrected chi connectivity index (χ3v) is 3.16. The topological polar surface area (TPSA) is 38.9 Å². The summed E-state index contributed by atoms with van der Waals surface area (Å²) in [5, 5.41) is 1.84. The molecule has 15 heavy (non-hydrogen) atoms. The lowest BCUT2D eigenvalue weighted by molar-refractivity contribution is 1.26. The van der Waals surface area contributed by atoms with Gasteiger partial charge in [-0.3, -0.25) is 4.98 Å². The predicted octanol–water partition coefficient (Wildman–Crippen LogP) is 4.09. The number of aryl methyl sites for hydroxylation is 1. The van der Waals surface area contributed by atoms with Gasteiger partial charge in [-0.2, -0.15) is 0 Å². The fourth-order valence-corrected chi connectivity index (χ4v) is 2.22. The third-order valence-electron chi connectivity index (χ3n) is 2.09. The number of hydrogen-bond donors (Lipinski definition) is 1. The van der Waals surface area contributed by atoms with Crippen LogP contribution in [-0.2, 0) is 0 Å². The number of aromatic nitrogens is 1. The van der Waals surface area contributed by atoms with Crippen molar-refractivity contribution in [1.82, 2.24) is 4.98 Å². The predicted molar refractivity (Wildman–Crippen MR) is 65.9 cm³/mol. The molecule has 0 spiro atoms. The maximum Gasteiger partial charge on any atom is 0.0928 e. The lowest BCUT2D eigenvalue weighted by atomic mass is 10.1. The monoisotopic (exact) mass is 260 g/mol. The first-order chi connectivity index (χ1) is 7.00. The van der Waals surface area contributed by atoms with E-state index in [1.807, 2.05) is 6.92 Å². The minimum atomic E-state index is 0.381. The number of hydrogen-bond acceptors (Lipinski definition) is 2. The van der Waals surface area contributed by atoms with Crippen LogP contribution >= 0.6 is 34.8 Å². The Hall–Kier alpha value is -0.700. The van der Waals surface area contributed by atoms with Crippen LogP contribution in [0, 0.1) is 6.92 Å². The van der Waals surface area contributed by atoms with Crippen LogP contribution < -0.4 is 5.73 Å². The Morgan fingerprint density at radius 2 is 1.80 bits per heavy atom. The van der Waals surface area contributed by atoms with Gasteiger partial charge >= 0.3 is 0 Å². The first kappa shape index (κ1) is 10.8. The molecular weight excluding hydrogens is 254 g/mol. The fraction of sp³-hybridized carbons (Fsp3) is 0.100. The van der Waals surface area contributed by atoms with Gasteiger partial charge in [0.2, 0.25) is 0 Å². The minimum Gasteiger partial charge on any atom is -0.398 e. The van der Waals surface area contributed by atoms with Crippen molar-refractivity contribution in [2.45, 2.75) is 6.92 Å². The van der Waals surface area contributed by atoms with Gasteiger partial charge in [0, 0.05) is 16.8 Å². The summed E-state index contributed by atoms with van der Waals surface area (Å²) in [5.41, 5.74) is 7.77. The van der Waals surface area contributed by atoms with Crippen molar-refractivity contribution < 1.29 is 0 Å². The Morgan fingerprint density at radius 1 is 1.13 bits per heavy atom. The van der Waals surface area contributed by atoms with E-state index in [0.29, 0.717) is 31.7 Å². The molecule has 0 amide bonds. The van der Waals surface area contributed by atoms with E-state index in [9.17, 15) is 0 Å². The van der Waals surface area contributed by atoms with Gasteiger partial charge in [-0.1, -0.05) is 34.8 Å². The summed E-state index contributed by atoms with van der Waals surface area (Å²) in [5.74, 6) is 0. The van der Waals surface area contributed by atoms with E-state index in [0.717, 1.165) is 5.69 Å². The summed E-state index contributed by atoms with van der Waals surface area (Å²) in [6, 6.07) is 3.31. The van der Waals surface area contributed by atoms with Crippen molar-refractivity contribution in [2.24, 2.45) is 0 Å². The Kier molecular flexibility index (Phi) is 2.67. The second-order valence-corrected chi connectivity index (χ2v) is 4.42. The smallest absolute Gasteiger partial charge is 0.0928 e. The molecule has 2 rings (SSSR count). The summed E-state index contributed by atoms with van der Waals surface area (Å²) in [6.45, 7) is 1.84. The third kappa shape index (κ3) is 1.73. The zero-order valence-corrected chi connectivity index (χ0v) is 10.1. The van der Waals surface area contributed by atoms with Gasteiger partial charge in [-0.25, -0.2) is 0 Å². The lowest BCUT2D eigenvalue weighted by Gasteiger charge is -2.08. The number of nitrogen functional groups attached to an aromatic ring is 1. The molecule has 78 valence electrons. The highest BCUT2D eigenvalue weighted by atomic mass is 35.5. The van der Waals surface area contributed by atoms with Gasteiger partial charge in [0.05, 0.1) is 20.6 Å². The van der Waals surface area contributed by atoms with E-state index in [1.165, 1.54) is 0 Å². The number of benzene rings is 1. The number of nitrogens with zero attached hydrogens (tertiary/aromatic N) is 1. The van der Waals surface area contributed by atoms with Crippen molar-refractivity contribution in [2.75, 3.05) is 5.73 Å². The SMILES string of the molecule is Cc1cc(N)c2c(Cl)c(Cl)cc(Cl)c2n1. The Labute approximate surface area is 102 Å². The molecule has 0 fully saturated rings. The van der Waals surface area contributed by atoms with E-state index in [4.69, 9.17) is 40.5 Å². The molecule has 1 aromatic heterocycles. The second kappa shape index (κ2) is 3.71. The quantitative estimate of drug-likeness (QED) is 0.726. The normalized spacial score (nSPS) is 10.9. The molecule has 0 radical (unpaired) electrons. The summed E-state index contributed by atoms with van der Waals surface area (Å²) in [6.07, 6.45) is 0. The maximum atomic E-state index is 6.05. The summed E-state index contributed by atoms with van der Waals surface area (Å²) >= 11 is 18.0. The van der Waals surface area contributed by atoms with Gasteiger partial charge < -0.3 is 5.73 Å². The Bertz CT molecular complexity index is 552. The van der Waals surface area contributed by atoms with Gasteiger partial charge in [0.1, 0.15) is 0 Å². The number of fused-ring (bicyclic) bond motifs is 1. The van der Waals surface area contributed by atoms with Crippen LogP contribution in [0.5, 0.6) is 0 Å². The van der Waals surface area contributed by atoms with Gasteiger partial charge in [0.15, 0.2) is 0 Å². The van der Waals surface area contributed by atoms with E-state index >= 15 is 0 Å². The molecule has 0 bridgehead atoms. The number of nitrogens with two attached hydrogens (primary N) is 1. The fourth-order valence-electron chi connectivity index (χ4n) is 1.46. The van der Waals surface area contributed by atoms with Crippen LogP contribution in [-0.4, -0.2) is 4.98 Å². The van der Waals surface area contributed by atoms with Crippen LogP contribution in [0.1, 0.15) is 5.69 Å². The summed E-state index contributed by atoms with van der Waals surface area (Å²) in [4.78, 5) is 4.28. The van der Waals surface area contributed by atoms with Crippen molar-refractivity contribution in [3.63, 3.8) is 0 Å². The van der Waals surface area contributed by atoms with Crippen molar-refractivity contribution >= 4 is 51.4 Å². The zero-order chi connectivity index (χ0) is 11.2. The average molecular weight is 262 g/mol. The molecule has 0 aliphatic rings. The largest absolute Gasteiger partial charge is 0.398 e. The van der Waals surface area contributed by atoms with Crippen LogP contribution in [0.15, 0.2) is 12.1 Å². The molecule has 0 unspecified atom stereocenters. The van der Waals surface area contributed by atoms with Crippen molar-refractivity contribution in [3.05, 3.63) is 32.9 Å². The summed E-state index contributed by atoms with van der Waals surface area (Å²) in [7, 11) is 0. The Morgan fingerprint density at radius 3 is 2.47 bits per heavy atom. The highest BCUT2D eigenvalue weighted by molar-refractivity contribution is 6.48. The highest BCUT2D eigenvalue weighted by Gasteiger charge is 2.12. The lowest BCUT2D eigenvalue weighted by Crippen LogP contribution is -1.93. The molecule has 0 aliphatic heterocycles. The van der Waals surface area contributed by atoms with Crippen molar-refractivity contribution in [1.29, 1.82) is 0 Å². The first-order valence-electron chi connectivity index (χ1n) is 4.21. The average Bonchev–Trinajstić information content (AvgIpc) is 2.13. The van der Waals surface area contributed by atoms with E-state index in [2.05, 4.69) is 4.98 Å². The van der Waals surface area contributed by atoms with E-state index < -0.39 is 0 Å². The molecule has 2 aromatic rings. The number of rotatable bonds is 0. The second-order valence-electron chi connectivity index (χ2n) is 3.23. The number of halogens is 3. The zero-order valence-electron chi connectivity index (χ0n) is 7.81. The number of anilines is 1. The molecule has 1 heterocycles. The first-order valence-corrected chi connectivity index (χ1v) is 5.34. The van der Waals surface area contributed by atoms with Crippen LogP contribution in [0.3, 0.4) is 0 Å². The van der Waals surface area contributed by atoms with Crippen LogP contribution in [0.4, 0.5) is 5.69 Å². The molecule has 0 atom stereocenters. The van der Waals surface area contributed by atoms with Gasteiger partial charge in [0.25, 0.3) is 0 Å². The van der Waals surface area contributed by atoms with E-state index in [-0.39, 0.29) is 0 Å². The molecule has 0 saturated carbocycles. The van der Waals surface area contributed by atoms with Gasteiger partial charge in [-0.05, 0) is 19.1 Å². The van der Waals surface area contributed by atoms with Crippen LogP contribution in [0.25, 0.3) is 10.9 Å². The minimum absolute atomic E-state index is 0.381. The van der Waals surface area contributed by atoms with Gasteiger partial charge in [-0.15, -0.1) is 0 Å². The van der Waals surface area contributed by atoms with Crippen molar-refractivity contribution in [3.8, 4) is 0 Å². The van der Waals surface area contributed by atoms with Crippen LogP contribution in [0.2, 0.25) is 15.1 Å². The highest BCUT2D eigenvalue weighted by Crippen LogP contribution is 2.37. The Balaban J connectivity index is 3.03. The number of pyridine rings is 1. The standard InChI is InChI=1S/C10H7Cl3N2/c1-4-2-7(14)8-9(13)5(11)3-6(12)10(8)15-4/h2-3H,1H3,(H2,14,15). The summed E-state index contributed by atoms with van der Waals surface area (Å²) < 4.78 is 0. The van der Waals surface area contributed by atoms with E-state index in [1.54, 1.807) is 12.1 Å².